The third-order valence-corrected chi connectivity index (χ3v) is 4.20. The van der Waals surface area contributed by atoms with Gasteiger partial charge in [0.25, 0.3) is 11.6 Å². The highest BCUT2D eigenvalue weighted by molar-refractivity contribution is 5.93. The molecule has 2 rings (SSSR count). The van der Waals surface area contributed by atoms with E-state index in [1.807, 2.05) is 37.3 Å². The SMILES string of the molecule is C[C@@H](CNC(=O)COC(=O)c1ccc(N(C)C)c([N+](=O)[O-])c1)c1ccccc1. The molecular weight excluding hydrogens is 362 g/mol. The Bertz CT molecular complexity index is 852. The number of benzene rings is 2. The van der Waals surface area contributed by atoms with Crippen LogP contribution in [0.1, 0.15) is 28.8 Å². The fourth-order valence-corrected chi connectivity index (χ4v) is 2.61. The summed E-state index contributed by atoms with van der Waals surface area (Å²) in [5, 5.41) is 13.9. The fraction of sp³-hybridized carbons (Fsp3) is 0.300. The summed E-state index contributed by atoms with van der Waals surface area (Å²) in [5.41, 5.74) is 1.27. The van der Waals surface area contributed by atoms with E-state index in [0.717, 1.165) is 11.6 Å². The molecule has 1 atom stereocenters. The summed E-state index contributed by atoms with van der Waals surface area (Å²) in [5.74, 6) is -1.11. The first-order chi connectivity index (χ1) is 13.3. The van der Waals surface area contributed by atoms with Gasteiger partial charge in [-0.05, 0) is 23.6 Å². The minimum absolute atomic E-state index is 0.0164. The molecule has 0 saturated heterocycles. The number of carbonyl (C=O) groups excluding carboxylic acids is 2. The van der Waals surface area contributed by atoms with Gasteiger partial charge in [-0.1, -0.05) is 37.3 Å². The van der Waals surface area contributed by atoms with E-state index < -0.39 is 23.4 Å². The summed E-state index contributed by atoms with van der Waals surface area (Å²) < 4.78 is 4.98. The van der Waals surface area contributed by atoms with E-state index in [-0.39, 0.29) is 17.2 Å². The van der Waals surface area contributed by atoms with E-state index in [2.05, 4.69) is 5.32 Å². The number of nitro benzene ring substituents is 1. The Kier molecular flexibility index (Phi) is 7.08. The van der Waals surface area contributed by atoms with Gasteiger partial charge >= 0.3 is 5.97 Å². The van der Waals surface area contributed by atoms with Crippen LogP contribution in [-0.4, -0.2) is 44.0 Å². The molecule has 0 radical (unpaired) electrons. The van der Waals surface area contributed by atoms with Crippen LogP contribution in [0, 0.1) is 10.1 Å². The largest absolute Gasteiger partial charge is 0.452 e. The van der Waals surface area contributed by atoms with E-state index in [1.165, 1.54) is 12.1 Å². The molecule has 2 aromatic rings. The van der Waals surface area contributed by atoms with E-state index in [0.29, 0.717) is 12.2 Å². The average molecular weight is 385 g/mol. The van der Waals surface area contributed by atoms with Gasteiger partial charge in [-0.2, -0.15) is 0 Å². The van der Waals surface area contributed by atoms with Crippen LogP contribution in [0.3, 0.4) is 0 Å². The van der Waals surface area contributed by atoms with Crippen LogP contribution in [0.5, 0.6) is 0 Å². The van der Waals surface area contributed by atoms with Crippen molar-refractivity contribution in [1.29, 1.82) is 0 Å². The molecule has 0 aliphatic heterocycles. The molecule has 0 unspecified atom stereocenters. The van der Waals surface area contributed by atoms with Gasteiger partial charge in [0, 0.05) is 26.7 Å². The topological polar surface area (TPSA) is 102 Å². The molecule has 1 amide bonds. The van der Waals surface area contributed by atoms with Crippen LogP contribution in [0.4, 0.5) is 11.4 Å². The van der Waals surface area contributed by atoms with Crippen LogP contribution < -0.4 is 10.2 Å². The summed E-state index contributed by atoms with van der Waals surface area (Å²) in [6.07, 6.45) is 0. The van der Waals surface area contributed by atoms with Crippen LogP contribution in [0.25, 0.3) is 0 Å². The monoisotopic (exact) mass is 385 g/mol. The number of anilines is 1. The lowest BCUT2D eigenvalue weighted by Crippen LogP contribution is -2.31. The van der Waals surface area contributed by atoms with Gasteiger partial charge in [-0.25, -0.2) is 4.79 Å². The van der Waals surface area contributed by atoms with Gasteiger partial charge in [-0.15, -0.1) is 0 Å². The summed E-state index contributed by atoms with van der Waals surface area (Å²) in [6.45, 7) is 1.93. The maximum absolute atomic E-state index is 12.1. The molecule has 2 aromatic carbocycles. The smallest absolute Gasteiger partial charge is 0.338 e. The molecule has 148 valence electrons. The van der Waals surface area contributed by atoms with Gasteiger partial charge in [0.2, 0.25) is 0 Å². The third-order valence-electron chi connectivity index (χ3n) is 4.20. The van der Waals surface area contributed by atoms with Crippen molar-refractivity contribution in [3.8, 4) is 0 Å². The predicted octanol–water partition coefficient (Wildman–Crippen LogP) is 2.74. The van der Waals surface area contributed by atoms with Gasteiger partial charge in [0.1, 0.15) is 5.69 Å². The highest BCUT2D eigenvalue weighted by atomic mass is 16.6. The van der Waals surface area contributed by atoms with Gasteiger partial charge in [-0.3, -0.25) is 14.9 Å². The molecule has 0 fully saturated rings. The second-order valence-corrected chi connectivity index (χ2v) is 6.55. The lowest BCUT2D eigenvalue weighted by atomic mass is 10.0. The quantitative estimate of drug-likeness (QED) is 0.426. The predicted molar refractivity (Wildman–Crippen MR) is 106 cm³/mol. The fourth-order valence-electron chi connectivity index (χ4n) is 2.61. The van der Waals surface area contributed by atoms with Crippen molar-refractivity contribution >= 4 is 23.3 Å². The maximum atomic E-state index is 12.1. The molecular formula is C20H23N3O5. The zero-order valence-electron chi connectivity index (χ0n) is 16.0. The zero-order valence-corrected chi connectivity index (χ0v) is 16.0. The number of esters is 1. The number of hydrogen-bond acceptors (Lipinski definition) is 6. The molecule has 0 heterocycles. The second-order valence-electron chi connectivity index (χ2n) is 6.55. The van der Waals surface area contributed by atoms with E-state index in [1.54, 1.807) is 19.0 Å². The number of amides is 1. The molecule has 8 heteroatoms. The Morgan fingerprint density at radius 1 is 1.18 bits per heavy atom. The Hall–Kier alpha value is -3.42. The standard InChI is InChI=1S/C20H23N3O5/c1-14(15-7-5-4-6-8-15)12-21-19(24)13-28-20(25)16-9-10-17(22(2)3)18(11-16)23(26)27/h4-11,14H,12-13H2,1-3H3,(H,21,24)/t14-/m0/s1. The molecule has 0 bridgehead atoms. The van der Waals surface area contributed by atoms with Crippen molar-refractivity contribution in [1.82, 2.24) is 5.32 Å². The van der Waals surface area contributed by atoms with E-state index in [9.17, 15) is 19.7 Å². The van der Waals surface area contributed by atoms with Crippen molar-refractivity contribution in [2.75, 3.05) is 32.1 Å². The van der Waals surface area contributed by atoms with Gasteiger partial charge in [0.05, 0.1) is 10.5 Å². The van der Waals surface area contributed by atoms with Gasteiger partial charge in [0.15, 0.2) is 6.61 Å². The van der Waals surface area contributed by atoms with Crippen LogP contribution in [0.15, 0.2) is 48.5 Å². The summed E-state index contributed by atoms with van der Waals surface area (Å²) in [7, 11) is 3.34. The second kappa shape index (κ2) is 9.50. The lowest BCUT2D eigenvalue weighted by molar-refractivity contribution is -0.384. The van der Waals surface area contributed by atoms with Crippen molar-refractivity contribution in [3.05, 3.63) is 69.8 Å². The maximum Gasteiger partial charge on any atom is 0.338 e. The number of ether oxygens (including phenoxy) is 1. The highest BCUT2D eigenvalue weighted by Gasteiger charge is 2.20. The summed E-state index contributed by atoms with van der Waals surface area (Å²) in [6, 6.07) is 13.8. The van der Waals surface area contributed by atoms with Crippen molar-refractivity contribution in [3.63, 3.8) is 0 Å². The molecule has 0 aliphatic rings. The van der Waals surface area contributed by atoms with Crippen LogP contribution >= 0.6 is 0 Å². The van der Waals surface area contributed by atoms with E-state index >= 15 is 0 Å². The lowest BCUT2D eigenvalue weighted by Gasteiger charge is -2.14. The minimum Gasteiger partial charge on any atom is -0.452 e. The van der Waals surface area contributed by atoms with Crippen LogP contribution in [0.2, 0.25) is 0 Å². The van der Waals surface area contributed by atoms with Crippen molar-refractivity contribution in [2.24, 2.45) is 0 Å². The zero-order chi connectivity index (χ0) is 20.7. The third kappa shape index (κ3) is 5.54. The Labute approximate surface area is 163 Å². The summed E-state index contributed by atoms with van der Waals surface area (Å²) >= 11 is 0. The number of nitrogens with one attached hydrogen (secondary N) is 1. The Morgan fingerprint density at radius 2 is 1.86 bits per heavy atom. The molecule has 0 aromatic heterocycles. The number of nitrogens with zero attached hydrogens (tertiary/aromatic N) is 2. The number of nitro groups is 1. The van der Waals surface area contributed by atoms with Crippen molar-refractivity contribution < 1.29 is 19.2 Å². The molecule has 0 saturated carbocycles. The first-order valence-corrected chi connectivity index (χ1v) is 8.74. The van der Waals surface area contributed by atoms with Gasteiger partial charge < -0.3 is 15.0 Å². The van der Waals surface area contributed by atoms with Crippen LogP contribution in [-0.2, 0) is 9.53 Å². The Balaban J connectivity index is 1.90. The number of rotatable bonds is 8. The normalized spacial score (nSPS) is 11.4. The van der Waals surface area contributed by atoms with Crippen molar-refractivity contribution in [2.45, 2.75) is 12.8 Å². The molecule has 28 heavy (non-hydrogen) atoms. The molecule has 0 spiro atoms. The Morgan fingerprint density at radius 3 is 2.46 bits per heavy atom. The number of carbonyl (C=O) groups is 2. The highest BCUT2D eigenvalue weighted by Crippen LogP contribution is 2.27. The molecule has 8 nitrogen and oxygen atoms in total. The number of hydrogen-bond donors (Lipinski definition) is 1. The average Bonchev–Trinajstić information content (AvgIpc) is 2.70. The van der Waals surface area contributed by atoms with E-state index in [4.69, 9.17) is 4.74 Å². The summed E-state index contributed by atoms with van der Waals surface area (Å²) in [4.78, 5) is 36.3. The first kappa shape index (κ1) is 20.9. The molecule has 1 N–H and O–H groups in total. The molecule has 0 aliphatic carbocycles. The first-order valence-electron chi connectivity index (χ1n) is 8.74. The minimum atomic E-state index is -0.792.